The van der Waals surface area contributed by atoms with E-state index in [-0.39, 0.29) is 18.5 Å². The van der Waals surface area contributed by atoms with Gasteiger partial charge in [0.25, 0.3) is 0 Å². The number of para-hydroxylation sites is 1. The molecule has 1 unspecified atom stereocenters. The van der Waals surface area contributed by atoms with Gasteiger partial charge in [0.2, 0.25) is 5.91 Å². The van der Waals surface area contributed by atoms with E-state index in [1.807, 2.05) is 19.1 Å². The van der Waals surface area contributed by atoms with Crippen molar-refractivity contribution in [3.63, 3.8) is 0 Å². The molecule has 0 bridgehead atoms. The van der Waals surface area contributed by atoms with E-state index in [2.05, 4.69) is 38.0 Å². The topological polar surface area (TPSA) is 78.0 Å². The van der Waals surface area contributed by atoms with E-state index in [9.17, 15) is 4.79 Å². The van der Waals surface area contributed by atoms with Crippen molar-refractivity contribution in [1.29, 1.82) is 0 Å². The molecule has 2 aliphatic rings. The number of hydrogen-bond acceptors (Lipinski definition) is 4. The summed E-state index contributed by atoms with van der Waals surface area (Å²) in [4.78, 5) is 19.4. The predicted octanol–water partition coefficient (Wildman–Crippen LogP) is 2.84. The molecule has 1 amide bonds. The minimum Gasteiger partial charge on any atom is -0.496 e. The van der Waals surface area contributed by atoms with Crippen LogP contribution in [0.15, 0.2) is 29.3 Å². The van der Waals surface area contributed by atoms with Crippen LogP contribution < -0.4 is 20.7 Å². The number of rotatable bonds is 9. The quantitative estimate of drug-likeness (QED) is 0.416. The Balaban J connectivity index is 1.62. The smallest absolute Gasteiger partial charge is 0.242 e. The molecule has 1 saturated heterocycles. The number of carbonyl (C=O) groups excluding carboxylic acids is 1. The third kappa shape index (κ3) is 7.13. The van der Waals surface area contributed by atoms with Crippen molar-refractivity contribution in [2.45, 2.75) is 64.0 Å². The summed E-state index contributed by atoms with van der Waals surface area (Å²) in [5.41, 5.74) is 1.19. The van der Waals surface area contributed by atoms with Crippen LogP contribution in [0.4, 0.5) is 0 Å². The number of hydrogen-bond donors (Lipinski definition) is 3. The van der Waals surface area contributed by atoms with Crippen LogP contribution in [-0.4, -0.2) is 62.6 Å². The second-order valence-electron chi connectivity index (χ2n) is 8.48. The lowest BCUT2D eigenvalue weighted by Gasteiger charge is -2.30. The summed E-state index contributed by atoms with van der Waals surface area (Å²) in [6.45, 7) is 5.81. The number of nitrogens with zero attached hydrogens (tertiary/aromatic N) is 2. The third-order valence-electron chi connectivity index (χ3n) is 6.24. The number of likely N-dealkylation sites (tertiary alicyclic amines) is 1. The monoisotopic (exact) mass is 429 g/mol. The number of nitrogens with one attached hydrogen (secondary N) is 3. The fourth-order valence-electron chi connectivity index (χ4n) is 4.64. The lowest BCUT2D eigenvalue weighted by Crippen LogP contribution is -2.44. The van der Waals surface area contributed by atoms with Crippen molar-refractivity contribution in [2.75, 3.05) is 39.8 Å². The molecule has 0 spiro atoms. The summed E-state index contributed by atoms with van der Waals surface area (Å²) in [6.07, 6.45) is 8.32. The van der Waals surface area contributed by atoms with Gasteiger partial charge >= 0.3 is 0 Å². The maximum Gasteiger partial charge on any atom is 0.242 e. The molecular formula is C24H39N5O2. The van der Waals surface area contributed by atoms with Gasteiger partial charge in [-0.2, -0.15) is 0 Å². The van der Waals surface area contributed by atoms with Gasteiger partial charge in [0.1, 0.15) is 12.3 Å². The van der Waals surface area contributed by atoms with Gasteiger partial charge in [-0.3, -0.25) is 9.69 Å². The standard InChI is InChI=1S/C24H39N5O2/c1-3-25-24(27-18-23(30)28-19-11-5-4-6-12-19)26-17-21(29-15-9-10-16-29)20-13-7-8-14-22(20)31-2/h7-8,13-14,19,21H,3-6,9-12,15-18H2,1-2H3,(H,28,30)(H2,25,26,27). The maximum atomic E-state index is 12.4. The largest absolute Gasteiger partial charge is 0.496 e. The molecule has 1 aromatic rings. The van der Waals surface area contributed by atoms with Gasteiger partial charge in [0, 0.05) is 24.7 Å². The zero-order valence-corrected chi connectivity index (χ0v) is 19.2. The van der Waals surface area contributed by atoms with Crippen LogP contribution in [0.25, 0.3) is 0 Å². The Kier molecular flexibility index (Phi) is 9.46. The van der Waals surface area contributed by atoms with E-state index in [0.717, 1.165) is 38.2 Å². The van der Waals surface area contributed by atoms with Crippen LogP contribution in [-0.2, 0) is 4.79 Å². The van der Waals surface area contributed by atoms with Crippen LogP contribution in [0.3, 0.4) is 0 Å². The Bertz CT molecular complexity index is 712. The Hall–Kier alpha value is -2.28. The van der Waals surface area contributed by atoms with Crippen LogP contribution in [0.5, 0.6) is 5.75 Å². The molecule has 172 valence electrons. The molecule has 3 N–H and O–H groups in total. The first-order valence-corrected chi connectivity index (χ1v) is 11.9. The molecule has 1 aliphatic heterocycles. The molecule has 31 heavy (non-hydrogen) atoms. The van der Waals surface area contributed by atoms with Crippen LogP contribution in [0, 0.1) is 0 Å². The van der Waals surface area contributed by atoms with Crippen molar-refractivity contribution < 1.29 is 9.53 Å². The van der Waals surface area contributed by atoms with E-state index in [1.54, 1.807) is 7.11 Å². The van der Waals surface area contributed by atoms with Crippen molar-refractivity contribution in [3.05, 3.63) is 29.8 Å². The highest BCUT2D eigenvalue weighted by Crippen LogP contribution is 2.31. The second-order valence-corrected chi connectivity index (χ2v) is 8.48. The lowest BCUT2D eigenvalue weighted by molar-refractivity contribution is -0.120. The van der Waals surface area contributed by atoms with Gasteiger partial charge in [-0.05, 0) is 51.8 Å². The minimum absolute atomic E-state index is 0.00456. The summed E-state index contributed by atoms with van der Waals surface area (Å²) in [7, 11) is 1.73. The Morgan fingerprint density at radius 2 is 1.87 bits per heavy atom. The van der Waals surface area contributed by atoms with E-state index in [0.29, 0.717) is 18.5 Å². The molecule has 7 heteroatoms. The average Bonchev–Trinajstić information content (AvgIpc) is 3.33. The number of benzene rings is 1. The summed E-state index contributed by atoms with van der Waals surface area (Å²) in [5, 5.41) is 9.89. The van der Waals surface area contributed by atoms with E-state index in [1.165, 1.54) is 37.7 Å². The first-order chi connectivity index (χ1) is 15.2. The summed E-state index contributed by atoms with van der Waals surface area (Å²) in [5.74, 6) is 1.60. The van der Waals surface area contributed by atoms with Crippen molar-refractivity contribution in [2.24, 2.45) is 4.99 Å². The van der Waals surface area contributed by atoms with Gasteiger partial charge in [-0.25, -0.2) is 4.99 Å². The molecule has 1 aromatic carbocycles. The molecule has 1 heterocycles. The Morgan fingerprint density at radius 3 is 2.58 bits per heavy atom. The first-order valence-electron chi connectivity index (χ1n) is 11.9. The summed E-state index contributed by atoms with van der Waals surface area (Å²) >= 11 is 0. The van der Waals surface area contributed by atoms with Crippen molar-refractivity contribution in [3.8, 4) is 5.75 Å². The molecule has 1 saturated carbocycles. The van der Waals surface area contributed by atoms with Crippen LogP contribution in [0.1, 0.15) is 63.5 Å². The fraction of sp³-hybridized carbons (Fsp3) is 0.667. The summed E-state index contributed by atoms with van der Waals surface area (Å²) in [6, 6.07) is 8.75. The zero-order chi connectivity index (χ0) is 21.9. The normalized spacial score (nSPS) is 19.1. The van der Waals surface area contributed by atoms with Gasteiger partial charge < -0.3 is 20.7 Å². The van der Waals surface area contributed by atoms with Gasteiger partial charge in [-0.15, -0.1) is 0 Å². The fourth-order valence-corrected chi connectivity index (χ4v) is 4.64. The average molecular weight is 430 g/mol. The SMILES string of the molecule is CCNC(=NCC(=O)NC1CCCCC1)NCC(c1ccccc1OC)N1CCCC1. The predicted molar refractivity (Wildman–Crippen MR) is 126 cm³/mol. The van der Waals surface area contributed by atoms with Crippen LogP contribution in [0.2, 0.25) is 0 Å². The van der Waals surface area contributed by atoms with Crippen molar-refractivity contribution >= 4 is 11.9 Å². The van der Waals surface area contributed by atoms with E-state index >= 15 is 0 Å². The van der Waals surface area contributed by atoms with E-state index < -0.39 is 0 Å². The Morgan fingerprint density at radius 1 is 1.13 bits per heavy atom. The molecule has 1 aliphatic carbocycles. The highest BCUT2D eigenvalue weighted by Gasteiger charge is 2.26. The first kappa shape index (κ1) is 23.4. The highest BCUT2D eigenvalue weighted by atomic mass is 16.5. The molecule has 0 aromatic heterocycles. The molecule has 3 rings (SSSR count). The maximum absolute atomic E-state index is 12.4. The number of ether oxygens (including phenoxy) is 1. The molecule has 1 atom stereocenters. The zero-order valence-electron chi connectivity index (χ0n) is 19.2. The number of amides is 1. The number of guanidine groups is 1. The van der Waals surface area contributed by atoms with Crippen molar-refractivity contribution in [1.82, 2.24) is 20.9 Å². The highest BCUT2D eigenvalue weighted by molar-refractivity contribution is 5.85. The van der Waals surface area contributed by atoms with Gasteiger partial charge in [-0.1, -0.05) is 37.5 Å². The van der Waals surface area contributed by atoms with Gasteiger partial charge in [0.15, 0.2) is 5.96 Å². The number of carbonyl (C=O) groups is 1. The molecule has 7 nitrogen and oxygen atoms in total. The molecule has 2 fully saturated rings. The van der Waals surface area contributed by atoms with E-state index in [4.69, 9.17) is 4.74 Å². The Labute approximate surface area is 187 Å². The van der Waals surface area contributed by atoms with Crippen LogP contribution >= 0.6 is 0 Å². The molecular weight excluding hydrogens is 390 g/mol. The number of aliphatic imine (C=N–C) groups is 1. The summed E-state index contributed by atoms with van der Waals surface area (Å²) < 4.78 is 5.64. The second kappa shape index (κ2) is 12.5. The number of methoxy groups -OCH3 is 1. The molecule has 0 radical (unpaired) electrons. The van der Waals surface area contributed by atoms with Gasteiger partial charge in [0.05, 0.1) is 13.2 Å². The lowest BCUT2D eigenvalue weighted by atomic mass is 9.95. The minimum atomic E-state index is 0.00456. The third-order valence-corrected chi connectivity index (χ3v) is 6.24.